The third-order valence-corrected chi connectivity index (χ3v) is 4.24. The summed E-state index contributed by atoms with van der Waals surface area (Å²) in [6.07, 6.45) is -0.984. The van der Waals surface area contributed by atoms with E-state index in [2.05, 4.69) is 5.32 Å². The van der Waals surface area contributed by atoms with Crippen molar-refractivity contribution >= 4 is 11.9 Å². The van der Waals surface area contributed by atoms with Crippen molar-refractivity contribution in [2.45, 2.75) is 25.5 Å². The molecular formula is C20H22N2O4. The van der Waals surface area contributed by atoms with Crippen LogP contribution in [0.4, 0.5) is 4.79 Å². The number of carbonyl (C=O) groups is 2. The minimum absolute atomic E-state index is 0.0265. The smallest absolute Gasteiger partial charge is 0.325 e. The number of hydrogen-bond acceptors (Lipinski definition) is 4. The van der Waals surface area contributed by atoms with Gasteiger partial charge in [0.25, 0.3) is 5.91 Å². The molecule has 6 heteroatoms. The van der Waals surface area contributed by atoms with E-state index in [0.29, 0.717) is 5.75 Å². The lowest BCUT2D eigenvalue weighted by Crippen LogP contribution is -2.42. The number of benzene rings is 2. The van der Waals surface area contributed by atoms with E-state index in [9.17, 15) is 14.7 Å². The van der Waals surface area contributed by atoms with Gasteiger partial charge in [-0.25, -0.2) is 4.79 Å². The first kappa shape index (κ1) is 17.9. The van der Waals surface area contributed by atoms with Gasteiger partial charge < -0.3 is 15.2 Å². The standard InChI is InChI=1S/C20H22N2O4/c1-20(2)18(24)22(19(25)21-20)12-15(23)13-26-17-11-7-6-10-16(17)14-8-4-3-5-9-14/h3-11,15,23H,12-13H2,1-2H3,(H,21,25)/t15-/m0/s1. The quantitative estimate of drug-likeness (QED) is 0.781. The fraction of sp³-hybridized carbons (Fsp3) is 0.300. The van der Waals surface area contributed by atoms with Gasteiger partial charge in [-0.3, -0.25) is 9.69 Å². The van der Waals surface area contributed by atoms with Gasteiger partial charge in [-0.1, -0.05) is 48.5 Å². The summed E-state index contributed by atoms with van der Waals surface area (Å²) in [6, 6.07) is 16.8. The highest BCUT2D eigenvalue weighted by atomic mass is 16.5. The number of aliphatic hydroxyl groups excluding tert-OH is 1. The molecule has 0 bridgehead atoms. The van der Waals surface area contributed by atoms with E-state index in [4.69, 9.17) is 4.74 Å². The average Bonchev–Trinajstić information content (AvgIpc) is 2.82. The van der Waals surface area contributed by atoms with Gasteiger partial charge in [-0.2, -0.15) is 0 Å². The fourth-order valence-electron chi connectivity index (χ4n) is 2.88. The van der Waals surface area contributed by atoms with Crippen LogP contribution in [0.3, 0.4) is 0 Å². The summed E-state index contributed by atoms with van der Waals surface area (Å²) >= 11 is 0. The first-order chi connectivity index (χ1) is 12.4. The molecule has 0 unspecified atom stereocenters. The molecule has 1 aliphatic heterocycles. The van der Waals surface area contributed by atoms with E-state index < -0.39 is 17.7 Å². The van der Waals surface area contributed by atoms with Crippen LogP contribution >= 0.6 is 0 Å². The molecular weight excluding hydrogens is 332 g/mol. The lowest BCUT2D eigenvalue weighted by Gasteiger charge is -2.20. The Morgan fingerprint density at radius 3 is 2.38 bits per heavy atom. The Balaban J connectivity index is 1.65. The Morgan fingerprint density at radius 1 is 1.08 bits per heavy atom. The zero-order valence-corrected chi connectivity index (χ0v) is 14.8. The lowest BCUT2D eigenvalue weighted by molar-refractivity contribution is -0.131. The number of β-amino-alcohol motifs (C(OH)–C–C–N with tert-alkyl or cyclic N) is 1. The van der Waals surface area contributed by atoms with Crippen LogP contribution in [0.1, 0.15) is 13.8 Å². The molecule has 2 aromatic rings. The number of para-hydroxylation sites is 1. The summed E-state index contributed by atoms with van der Waals surface area (Å²) in [6.45, 7) is 3.13. The maximum atomic E-state index is 12.2. The van der Waals surface area contributed by atoms with Crippen molar-refractivity contribution in [3.8, 4) is 16.9 Å². The number of rotatable bonds is 6. The van der Waals surface area contributed by atoms with Crippen molar-refractivity contribution in [3.63, 3.8) is 0 Å². The predicted octanol–water partition coefficient (Wildman–Crippen LogP) is 2.42. The van der Waals surface area contributed by atoms with Crippen LogP contribution in [-0.4, -0.2) is 46.7 Å². The molecule has 0 aliphatic carbocycles. The Bertz CT molecular complexity index is 804. The lowest BCUT2D eigenvalue weighted by atomic mass is 10.1. The van der Waals surface area contributed by atoms with Crippen molar-refractivity contribution in [3.05, 3.63) is 54.6 Å². The topological polar surface area (TPSA) is 78.9 Å². The number of nitrogens with zero attached hydrogens (tertiary/aromatic N) is 1. The van der Waals surface area contributed by atoms with Gasteiger partial charge in [0, 0.05) is 5.56 Å². The number of carbonyl (C=O) groups excluding carboxylic acids is 2. The normalized spacial score (nSPS) is 17.1. The molecule has 3 rings (SSSR count). The van der Waals surface area contributed by atoms with Gasteiger partial charge in [0.15, 0.2) is 0 Å². The zero-order valence-electron chi connectivity index (χ0n) is 14.8. The third kappa shape index (κ3) is 3.70. The van der Waals surface area contributed by atoms with E-state index >= 15 is 0 Å². The summed E-state index contributed by atoms with van der Waals surface area (Å²) in [4.78, 5) is 25.1. The Hall–Kier alpha value is -2.86. The molecule has 1 atom stereocenters. The molecule has 1 fully saturated rings. The summed E-state index contributed by atoms with van der Waals surface area (Å²) in [7, 11) is 0. The van der Waals surface area contributed by atoms with Crippen molar-refractivity contribution in [1.29, 1.82) is 0 Å². The largest absolute Gasteiger partial charge is 0.490 e. The SMILES string of the molecule is CC1(C)NC(=O)N(C[C@H](O)COc2ccccc2-c2ccccc2)C1=O. The Morgan fingerprint density at radius 2 is 1.73 bits per heavy atom. The van der Waals surface area contributed by atoms with Crippen molar-refractivity contribution in [2.24, 2.45) is 0 Å². The van der Waals surface area contributed by atoms with Crippen LogP contribution in [0.5, 0.6) is 5.75 Å². The molecule has 2 N–H and O–H groups in total. The first-order valence-corrected chi connectivity index (χ1v) is 8.48. The van der Waals surface area contributed by atoms with Gasteiger partial charge in [0.2, 0.25) is 0 Å². The molecule has 6 nitrogen and oxygen atoms in total. The summed E-state index contributed by atoms with van der Waals surface area (Å²) in [5.41, 5.74) is 0.974. The number of hydrogen-bond donors (Lipinski definition) is 2. The van der Waals surface area contributed by atoms with E-state index in [1.165, 1.54) is 0 Å². The predicted molar refractivity (Wildman–Crippen MR) is 97.7 cm³/mol. The highest BCUT2D eigenvalue weighted by Crippen LogP contribution is 2.29. The Labute approximate surface area is 152 Å². The van der Waals surface area contributed by atoms with Crippen LogP contribution in [0.25, 0.3) is 11.1 Å². The second-order valence-electron chi connectivity index (χ2n) is 6.80. The van der Waals surface area contributed by atoms with Gasteiger partial charge >= 0.3 is 6.03 Å². The van der Waals surface area contributed by atoms with Crippen molar-refractivity contribution < 1.29 is 19.4 Å². The molecule has 1 saturated heterocycles. The highest BCUT2D eigenvalue weighted by Gasteiger charge is 2.44. The van der Waals surface area contributed by atoms with Gasteiger partial charge in [-0.05, 0) is 25.5 Å². The van der Waals surface area contributed by atoms with E-state index in [-0.39, 0.29) is 19.1 Å². The van der Waals surface area contributed by atoms with Crippen molar-refractivity contribution in [1.82, 2.24) is 10.2 Å². The molecule has 136 valence electrons. The van der Waals surface area contributed by atoms with Crippen LogP contribution < -0.4 is 10.1 Å². The molecule has 0 spiro atoms. The average molecular weight is 354 g/mol. The molecule has 2 aromatic carbocycles. The number of urea groups is 1. The fourth-order valence-corrected chi connectivity index (χ4v) is 2.88. The summed E-state index contributed by atoms with van der Waals surface area (Å²) < 4.78 is 5.77. The van der Waals surface area contributed by atoms with Crippen molar-refractivity contribution in [2.75, 3.05) is 13.2 Å². The minimum atomic E-state index is -0.984. The minimum Gasteiger partial charge on any atom is -0.490 e. The van der Waals surface area contributed by atoms with E-state index in [1.54, 1.807) is 13.8 Å². The first-order valence-electron chi connectivity index (χ1n) is 8.48. The molecule has 1 aliphatic rings. The van der Waals surface area contributed by atoms with Crippen LogP contribution in [0, 0.1) is 0 Å². The molecule has 0 radical (unpaired) electrons. The van der Waals surface area contributed by atoms with Crippen LogP contribution in [0.2, 0.25) is 0 Å². The number of amides is 3. The second-order valence-corrected chi connectivity index (χ2v) is 6.80. The molecule has 1 heterocycles. The Kier molecular flexibility index (Phi) is 4.95. The monoisotopic (exact) mass is 354 g/mol. The highest BCUT2D eigenvalue weighted by molar-refractivity contribution is 6.06. The maximum Gasteiger partial charge on any atom is 0.325 e. The zero-order chi connectivity index (χ0) is 18.7. The number of imide groups is 1. The van der Waals surface area contributed by atoms with E-state index in [0.717, 1.165) is 16.0 Å². The second kappa shape index (κ2) is 7.17. The molecule has 3 amide bonds. The third-order valence-electron chi connectivity index (χ3n) is 4.24. The van der Waals surface area contributed by atoms with Gasteiger partial charge in [0.1, 0.15) is 24.0 Å². The van der Waals surface area contributed by atoms with Gasteiger partial charge in [-0.15, -0.1) is 0 Å². The van der Waals surface area contributed by atoms with Crippen LogP contribution in [0.15, 0.2) is 54.6 Å². The number of aliphatic hydroxyl groups is 1. The molecule has 0 aromatic heterocycles. The summed E-state index contributed by atoms with van der Waals surface area (Å²) in [5.74, 6) is 0.279. The molecule has 0 saturated carbocycles. The summed E-state index contributed by atoms with van der Waals surface area (Å²) in [5, 5.41) is 12.8. The number of nitrogens with one attached hydrogen (secondary N) is 1. The van der Waals surface area contributed by atoms with Crippen LogP contribution in [-0.2, 0) is 4.79 Å². The maximum absolute atomic E-state index is 12.2. The van der Waals surface area contributed by atoms with E-state index in [1.807, 2.05) is 54.6 Å². The molecule has 26 heavy (non-hydrogen) atoms. The van der Waals surface area contributed by atoms with Gasteiger partial charge in [0.05, 0.1) is 6.54 Å². The number of ether oxygens (including phenoxy) is 1.